The van der Waals surface area contributed by atoms with Crippen LogP contribution in [0.25, 0.3) is 43.8 Å². The molecule has 4 amide bonds. The number of aromatic nitrogens is 2. The summed E-state index contributed by atoms with van der Waals surface area (Å²) in [5.41, 5.74) is 1.62. The summed E-state index contributed by atoms with van der Waals surface area (Å²) in [7, 11) is 4.75. The van der Waals surface area contributed by atoms with E-state index in [4.69, 9.17) is 16.3 Å². The van der Waals surface area contributed by atoms with E-state index in [0.717, 1.165) is 75.4 Å². The predicted octanol–water partition coefficient (Wildman–Crippen LogP) is 15.0. The number of benzene rings is 6. The quantitative estimate of drug-likeness (QED) is 0.0528. The lowest BCUT2D eigenvalue weighted by Crippen LogP contribution is -2.47. The van der Waals surface area contributed by atoms with E-state index in [1.54, 1.807) is 43.5 Å². The number of alkyl halides is 9. The number of imide groups is 2. The number of pyridine rings is 2. The number of piperidine rings is 6. The number of methoxy groups -OCH3 is 1. The second kappa shape index (κ2) is 32.3. The van der Waals surface area contributed by atoms with Gasteiger partial charge in [-0.05, 0) is 227 Å². The van der Waals surface area contributed by atoms with E-state index in [0.29, 0.717) is 126 Å². The molecule has 6 saturated heterocycles. The number of likely N-dealkylation sites (tertiary alicyclic amines) is 2. The highest BCUT2D eigenvalue weighted by Crippen LogP contribution is 2.46. The van der Waals surface area contributed by atoms with E-state index in [2.05, 4.69) is 35.8 Å². The van der Waals surface area contributed by atoms with E-state index in [-0.39, 0.29) is 94.4 Å². The molecule has 2 atom stereocenters. The van der Waals surface area contributed by atoms with Crippen LogP contribution in [0.3, 0.4) is 0 Å². The molecule has 2 aromatic heterocycles. The smallest absolute Gasteiger partial charge is 0.496 e. The number of carbonyl (C=O) groups excluding carboxylic acids is 4. The Labute approximate surface area is 630 Å². The Morgan fingerprint density at radius 2 is 0.891 bits per heavy atom. The minimum absolute atomic E-state index is 0.0687. The van der Waals surface area contributed by atoms with Gasteiger partial charge in [0.05, 0.1) is 18.2 Å². The van der Waals surface area contributed by atoms with Gasteiger partial charge in [-0.3, -0.25) is 49.2 Å². The van der Waals surface area contributed by atoms with Crippen molar-refractivity contribution in [2.24, 2.45) is 37.8 Å². The third kappa shape index (κ3) is 17.8. The number of hydrogen-bond acceptors (Lipinski definition) is 14. The normalized spacial score (nSPS) is 19.3. The van der Waals surface area contributed by atoms with Crippen molar-refractivity contribution >= 4 is 79.5 Å². The molecular weight excluding hydrogens is 1470 g/mol. The van der Waals surface area contributed by atoms with Crippen LogP contribution in [0.1, 0.15) is 99.3 Å². The summed E-state index contributed by atoms with van der Waals surface area (Å²) in [4.78, 5) is 80.6. The average molecular weight is 1560 g/mol. The van der Waals surface area contributed by atoms with Gasteiger partial charge in [-0.2, -0.15) is 26.3 Å². The molecule has 0 spiro atoms. The summed E-state index contributed by atoms with van der Waals surface area (Å²) in [6.45, 7) is 5.57. The first-order valence-electron chi connectivity index (χ1n) is 36.7. The monoisotopic (exact) mass is 1550 g/mol. The summed E-state index contributed by atoms with van der Waals surface area (Å²) >= 11 is 6.90. The molecular formula is C80H82ClF11N10O8. The van der Waals surface area contributed by atoms with Crippen molar-refractivity contribution in [1.82, 2.24) is 29.6 Å². The van der Waals surface area contributed by atoms with Crippen molar-refractivity contribution in [3.8, 4) is 33.8 Å². The fraction of sp³-hybridized carbons (Fsp3) is 0.425. The van der Waals surface area contributed by atoms with Crippen LogP contribution in [0, 0.1) is 35.3 Å². The molecule has 14 rings (SSSR count). The molecule has 0 radical (unpaired) electrons. The summed E-state index contributed by atoms with van der Waals surface area (Å²) in [5.74, 6) is -1.28. The lowest BCUT2D eigenvalue weighted by Gasteiger charge is -2.41. The number of aryl methyl sites for hydroxylation is 2. The number of fused-ring (bicyclic) bond motifs is 2. The fourth-order valence-electron chi connectivity index (χ4n) is 16.7. The first-order valence-corrected chi connectivity index (χ1v) is 37.1. The van der Waals surface area contributed by atoms with Crippen molar-refractivity contribution in [2.75, 3.05) is 79.9 Å². The maximum absolute atomic E-state index is 14.3. The third-order valence-corrected chi connectivity index (χ3v) is 22.8. The summed E-state index contributed by atoms with van der Waals surface area (Å²) in [6.07, 6.45) is -3.97. The Hall–Kier alpha value is -9.74. The fourth-order valence-corrected chi connectivity index (χ4v) is 17.0. The summed E-state index contributed by atoms with van der Waals surface area (Å²) in [6, 6.07) is 22.4. The van der Waals surface area contributed by atoms with Gasteiger partial charge in [0.25, 0.3) is 11.1 Å². The van der Waals surface area contributed by atoms with E-state index in [9.17, 15) is 77.1 Å². The zero-order chi connectivity index (χ0) is 78.3. The van der Waals surface area contributed by atoms with Crippen LogP contribution in [-0.2, 0) is 58.7 Å². The molecule has 0 bridgehead atoms. The van der Waals surface area contributed by atoms with Gasteiger partial charge in [-0.1, -0.05) is 23.7 Å². The highest BCUT2D eigenvalue weighted by atomic mass is 35.5. The van der Waals surface area contributed by atoms with Gasteiger partial charge in [-0.15, -0.1) is 13.2 Å². The SMILES string of the molecule is COc1cc(-c2cn(C)c(=O)c3ccc(F)cc23)cc(Cl)c1CN1CCC(C2CCN(c3ccc(NC4CCC(=O)NC4=O)cc3C(F)(F)F)CC2)CC1.Cn1cc(-c2ccc(CN3CCC(C4CCN(c5ccc(NC6CCC(=O)NC6=O)cc5C(F)(F)F)CC4)CC3)c(OC(F)(F)F)c2)c2cc(F)ccc2c1=O. The van der Waals surface area contributed by atoms with Crippen molar-refractivity contribution in [2.45, 2.75) is 121 Å². The van der Waals surface area contributed by atoms with E-state index in [1.165, 1.54) is 77.0 Å². The van der Waals surface area contributed by atoms with Crippen LogP contribution >= 0.6 is 11.6 Å². The molecule has 30 heteroatoms. The Bertz CT molecular complexity index is 4940. The molecule has 2 unspecified atom stereocenters. The van der Waals surface area contributed by atoms with Gasteiger partial charge in [0.1, 0.15) is 35.2 Å². The summed E-state index contributed by atoms with van der Waals surface area (Å²) < 4.78 is 168. The number of anilines is 4. The number of nitrogens with one attached hydrogen (secondary N) is 4. The van der Waals surface area contributed by atoms with Crippen LogP contribution in [-0.4, -0.2) is 120 Å². The predicted molar refractivity (Wildman–Crippen MR) is 396 cm³/mol. The van der Waals surface area contributed by atoms with E-state index >= 15 is 0 Å². The Kier molecular flexibility index (Phi) is 23.0. The van der Waals surface area contributed by atoms with Crippen LogP contribution in [0.5, 0.6) is 11.5 Å². The molecule has 6 fully saturated rings. The van der Waals surface area contributed by atoms with Crippen molar-refractivity contribution in [3.05, 3.63) is 175 Å². The van der Waals surface area contributed by atoms with Crippen LogP contribution in [0.4, 0.5) is 71.0 Å². The van der Waals surface area contributed by atoms with Crippen LogP contribution in [0.2, 0.25) is 5.02 Å². The molecule has 8 heterocycles. The minimum atomic E-state index is -4.97. The lowest BCUT2D eigenvalue weighted by molar-refractivity contribution is -0.275. The number of carbonyl (C=O) groups is 4. The molecule has 0 saturated carbocycles. The third-order valence-electron chi connectivity index (χ3n) is 22.5. The zero-order valence-corrected chi connectivity index (χ0v) is 61.2. The molecule has 110 heavy (non-hydrogen) atoms. The number of hydrogen-bond donors (Lipinski definition) is 4. The number of amides is 4. The average Bonchev–Trinajstić information content (AvgIpc) is 0.778. The Balaban J connectivity index is 0.000000193. The summed E-state index contributed by atoms with van der Waals surface area (Å²) in [5, 5.41) is 12.0. The van der Waals surface area contributed by atoms with Gasteiger partial charge in [0.15, 0.2) is 0 Å². The van der Waals surface area contributed by atoms with Gasteiger partial charge < -0.3 is 39.0 Å². The largest absolute Gasteiger partial charge is 0.573 e. The van der Waals surface area contributed by atoms with Gasteiger partial charge in [0.2, 0.25) is 23.6 Å². The van der Waals surface area contributed by atoms with E-state index < -0.39 is 71.3 Å². The number of nitrogens with zero attached hydrogens (tertiary/aromatic N) is 6. The maximum atomic E-state index is 14.3. The number of rotatable bonds is 16. The second-order valence-corrected chi connectivity index (χ2v) is 29.8. The molecule has 584 valence electrons. The molecule has 6 aromatic carbocycles. The Morgan fingerprint density at radius 3 is 1.31 bits per heavy atom. The molecule has 6 aliphatic rings. The number of ether oxygens (including phenoxy) is 2. The van der Waals surface area contributed by atoms with Crippen molar-refractivity contribution in [3.63, 3.8) is 0 Å². The van der Waals surface area contributed by atoms with E-state index in [1.807, 2.05) is 17.0 Å². The highest BCUT2D eigenvalue weighted by Gasteiger charge is 2.41. The Morgan fingerprint density at radius 1 is 0.473 bits per heavy atom. The minimum Gasteiger partial charge on any atom is -0.496 e. The highest BCUT2D eigenvalue weighted by molar-refractivity contribution is 6.32. The number of halogens is 12. The van der Waals surface area contributed by atoms with Crippen LogP contribution < -0.4 is 51.7 Å². The molecule has 0 aliphatic carbocycles. The maximum Gasteiger partial charge on any atom is 0.573 e. The zero-order valence-electron chi connectivity index (χ0n) is 60.5. The van der Waals surface area contributed by atoms with Gasteiger partial charge >= 0.3 is 18.7 Å². The second-order valence-electron chi connectivity index (χ2n) is 29.4. The van der Waals surface area contributed by atoms with Crippen molar-refractivity contribution in [1.29, 1.82) is 0 Å². The first kappa shape index (κ1) is 78.4. The van der Waals surface area contributed by atoms with Crippen LogP contribution in [0.15, 0.2) is 125 Å². The first-order chi connectivity index (χ1) is 52.3. The van der Waals surface area contributed by atoms with Crippen molar-refractivity contribution < 1.29 is 76.9 Å². The van der Waals surface area contributed by atoms with Gasteiger partial charge in [0, 0.05) is 139 Å². The van der Waals surface area contributed by atoms with Gasteiger partial charge in [-0.25, -0.2) is 8.78 Å². The molecule has 6 aliphatic heterocycles. The standard InChI is InChI=1S/C40H42ClF4N5O4.C40H40F7N5O4/c1-48-21-30(29-19-26(42)3-5-28(29)39(48)53)25-17-33(41)31(36(18-25)54-2)22-49-13-9-23(10-14-49)24-11-15-50(16-12-24)35-7-4-27(20-32(35)40(43,44)45)46-34-6-8-37(51)47-38(34)52;1-50-22-31(30-19-27(41)4-6-29(30)38(50)55)25-2-3-26(35(18-25)56-40(45,46)47)21-51-14-10-23(11-15-51)24-12-16-52(17-13-24)34-8-5-28(20-32(34)39(42,43)44)48-33-7-9-36(53)49-37(33)54/h3-5,7,17-21,23-24,34,46H,6,8-16,22H2,1-2H3,(H,47,51,52);2-6,8,18-20,22-24,33,48H,7,9-17,21H2,1H3,(H,49,53,54). The molecule has 18 nitrogen and oxygen atoms in total. The lowest BCUT2D eigenvalue weighted by atomic mass is 9.78. The molecule has 8 aromatic rings. The molecule has 4 N–H and O–H groups in total. The topological polar surface area (TPSA) is 192 Å².